The van der Waals surface area contributed by atoms with E-state index in [1.807, 2.05) is 5.32 Å². The Labute approximate surface area is 109 Å². The van der Waals surface area contributed by atoms with Crippen molar-refractivity contribution in [2.75, 3.05) is 11.1 Å². The minimum atomic E-state index is -5.09. The summed E-state index contributed by atoms with van der Waals surface area (Å²) < 4.78 is 35.8. The largest absolute Gasteiger partial charge is 0.450 e. The maximum atomic E-state index is 11.9. The van der Waals surface area contributed by atoms with Crippen molar-refractivity contribution < 1.29 is 27.7 Å². The van der Waals surface area contributed by atoms with Crippen molar-refractivity contribution in [2.45, 2.75) is 12.6 Å². The van der Waals surface area contributed by atoms with Gasteiger partial charge in [-0.3, -0.25) is 19.7 Å². The SMILES string of the molecule is Nc1cc(NC(=O)CC(=O)C(F)(F)F)ccc1[N+](=O)[O-]. The second-order valence-corrected chi connectivity index (χ2v) is 3.68. The Morgan fingerprint density at radius 3 is 2.40 bits per heavy atom. The summed E-state index contributed by atoms with van der Waals surface area (Å²) in [7, 11) is 0. The number of hydrogen-bond donors (Lipinski definition) is 2. The van der Waals surface area contributed by atoms with E-state index >= 15 is 0 Å². The van der Waals surface area contributed by atoms with E-state index < -0.39 is 34.9 Å². The molecular formula is C10H8F3N3O4. The average molecular weight is 291 g/mol. The van der Waals surface area contributed by atoms with E-state index in [4.69, 9.17) is 5.73 Å². The Morgan fingerprint density at radius 2 is 1.95 bits per heavy atom. The number of Topliss-reactive ketones (excluding diaryl/α,β-unsaturated/α-hetero) is 1. The minimum absolute atomic E-state index is 0.0481. The molecule has 108 valence electrons. The highest BCUT2D eigenvalue weighted by Gasteiger charge is 2.39. The molecule has 0 aliphatic heterocycles. The third-order valence-electron chi connectivity index (χ3n) is 2.15. The molecule has 0 bridgehead atoms. The first-order valence-electron chi connectivity index (χ1n) is 5.05. The van der Waals surface area contributed by atoms with Gasteiger partial charge in [0.15, 0.2) is 0 Å². The number of carbonyl (C=O) groups is 2. The lowest BCUT2D eigenvalue weighted by Gasteiger charge is -2.07. The number of benzene rings is 1. The second-order valence-electron chi connectivity index (χ2n) is 3.68. The monoisotopic (exact) mass is 291 g/mol. The van der Waals surface area contributed by atoms with Crippen LogP contribution in [0.5, 0.6) is 0 Å². The lowest BCUT2D eigenvalue weighted by atomic mass is 10.2. The average Bonchev–Trinajstić information content (AvgIpc) is 2.26. The number of nitrogen functional groups attached to an aromatic ring is 1. The number of nitrogens with zero attached hydrogens (tertiary/aromatic N) is 1. The molecule has 20 heavy (non-hydrogen) atoms. The molecule has 10 heteroatoms. The molecule has 1 aromatic rings. The molecule has 1 rings (SSSR count). The first-order chi connectivity index (χ1) is 9.11. The van der Waals surface area contributed by atoms with E-state index in [0.717, 1.165) is 18.2 Å². The van der Waals surface area contributed by atoms with Gasteiger partial charge in [-0.15, -0.1) is 0 Å². The van der Waals surface area contributed by atoms with Crippen molar-refractivity contribution >= 4 is 28.8 Å². The summed E-state index contributed by atoms with van der Waals surface area (Å²) in [4.78, 5) is 31.5. The number of rotatable bonds is 4. The summed E-state index contributed by atoms with van der Waals surface area (Å²) in [5.41, 5.74) is 4.60. The summed E-state index contributed by atoms with van der Waals surface area (Å²) in [6.07, 6.45) is -6.47. The molecule has 0 saturated heterocycles. The van der Waals surface area contributed by atoms with Crippen LogP contribution in [0.2, 0.25) is 0 Å². The Balaban J connectivity index is 2.75. The zero-order valence-electron chi connectivity index (χ0n) is 9.73. The van der Waals surface area contributed by atoms with Gasteiger partial charge >= 0.3 is 6.18 Å². The van der Waals surface area contributed by atoms with Gasteiger partial charge in [0.25, 0.3) is 5.69 Å². The third-order valence-corrected chi connectivity index (χ3v) is 2.15. The van der Waals surface area contributed by atoms with Gasteiger partial charge in [0, 0.05) is 11.8 Å². The zero-order chi connectivity index (χ0) is 15.5. The lowest BCUT2D eigenvalue weighted by Crippen LogP contribution is -2.27. The third kappa shape index (κ3) is 3.93. The fourth-order valence-electron chi connectivity index (χ4n) is 1.25. The van der Waals surface area contributed by atoms with Crippen LogP contribution in [0.1, 0.15) is 6.42 Å². The first-order valence-corrected chi connectivity index (χ1v) is 5.05. The molecular weight excluding hydrogens is 283 g/mol. The number of hydrogen-bond acceptors (Lipinski definition) is 5. The van der Waals surface area contributed by atoms with Gasteiger partial charge in [-0.25, -0.2) is 0 Å². The molecule has 0 aliphatic rings. The van der Waals surface area contributed by atoms with Crippen LogP contribution in [-0.2, 0) is 9.59 Å². The standard InChI is InChI=1S/C10H8F3N3O4/c11-10(12,13)8(17)4-9(18)15-5-1-2-7(16(19)20)6(14)3-5/h1-3H,4,14H2,(H,15,18). The van der Waals surface area contributed by atoms with E-state index in [-0.39, 0.29) is 11.4 Å². The maximum absolute atomic E-state index is 11.9. The van der Waals surface area contributed by atoms with Gasteiger partial charge < -0.3 is 11.1 Å². The minimum Gasteiger partial charge on any atom is -0.393 e. The van der Waals surface area contributed by atoms with Crippen molar-refractivity contribution in [3.63, 3.8) is 0 Å². The highest BCUT2D eigenvalue weighted by Crippen LogP contribution is 2.25. The van der Waals surface area contributed by atoms with Crippen LogP contribution in [0.4, 0.5) is 30.2 Å². The summed E-state index contributed by atoms with van der Waals surface area (Å²) >= 11 is 0. The molecule has 0 aliphatic carbocycles. The molecule has 0 spiro atoms. The van der Waals surface area contributed by atoms with Crippen molar-refractivity contribution in [3.8, 4) is 0 Å². The van der Waals surface area contributed by atoms with Gasteiger partial charge in [-0.1, -0.05) is 0 Å². The smallest absolute Gasteiger partial charge is 0.393 e. The summed E-state index contributed by atoms with van der Waals surface area (Å²) in [5, 5.41) is 12.5. The number of nitrogens with one attached hydrogen (secondary N) is 1. The Bertz CT molecular complexity index is 571. The molecule has 7 nitrogen and oxygen atoms in total. The Morgan fingerprint density at radius 1 is 1.35 bits per heavy atom. The molecule has 0 atom stereocenters. The van der Waals surface area contributed by atoms with Crippen LogP contribution in [0.3, 0.4) is 0 Å². The number of amides is 1. The van der Waals surface area contributed by atoms with Crippen LogP contribution in [0.15, 0.2) is 18.2 Å². The fraction of sp³-hybridized carbons (Fsp3) is 0.200. The number of nitrogens with two attached hydrogens (primary N) is 1. The van der Waals surface area contributed by atoms with Crippen LogP contribution in [0, 0.1) is 10.1 Å². The number of alkyl halides is 3. The predicted molar refractivity (Wildman–Crippen MR) is 61.8 cm³/mol. The normalized spacial score (nSPS) is 10.9. The van der Waals surface area contributed by atoms with Crippen LogP contribution in [-0.4, -0.2) is 22.8 Å². The zero-order valence-corrected chi connectivity index (χ0v) is 9.73. The summed E-state index contributed by atoms with van der Waals surface area (Å²) in [6.45, 7) is 0. The lowest BCUT2D eigenvalue weighted by molar-refractivity contribution is -0.383. The number of nitro groups is 1. The molecule has 1 aromatic carbocycles. The van der Waals surface area contributed by atoms with Gasteiger partial charge in [-0.2, -0.15) is 13.2 Å². The molecule has 0 aromatic heterocycles. The van der Waals surface area contributed by atoms with E-state index in [0.29, 0.717) is 0 Å². The van der Waals surface area contributed by atoms with Gasteiger partial charge in [0.05, 0.1) is 11.3 Å². The van der Waals surface area contributed by atoms with Gasteiger partial charge in [0.1, 0.15) is 5.69 Å². The van der Waals surface area contributed by atoms with Crippen molar-refractivity contribution in [1.29, 1.82) is 0 Å². The molecule has 3 N–H and O–H groups in total. The number of nitro benzene ring substituents is 1. The molecule has 0 heterocycles. The highest BCUT2D eigenvalue weighted by molar-refractivity contribution is 6.06. The van der Waals surface area contributed by atoms with E-state index in [1.165, 1.54) is 0 Å². The molecule has 1 amide bonds. The number of ketones is 1. The fourth-order valence-corrected chi connectivity index (χ4v) is 1.25. The predicted octanol–water partition coefficient (Wildman–Crippen LogP) is 1.64. The van der Waals surface area contributed by atoms with Crippen LogP contribution in [0.25, 0.3) is 0 Å². The maximum Gasteiger partial charge on any atom is 0.450 e. The van der Waals surface area contributed by atoms with Gasteiger partial charge in [-0.05, 0) is 12.1 Å². The number of carbonyl (C=O) groups excluding carboxylic acids is 2. The van der Waals surface area contributed by atoms with Crippen LogP contribution < -0.4 is 11.1 Å². The molecule has 0 radical (unpaired) electrons. The van der Waals surface area contributed by atoms with Crippen molar-refractivity contribution in [3.05, 3.63) is 28.3 Å². The number of anilines is 2. The second kappa shape index (κ2) is 5.55. The summed E-state index contributed by atoms with van der Waals surface area (Å²) in [5.74, 6) is -3.38. The Kier molecular flexibility index (Phi) is 4.27. The van der Waals surface area contributed by atoms with E-state index in [2.05, 4.69) is 0 Å². The topological polar surface area (TPSA) is 115 Å². The quantitative estimate of drug-likeness (QED) is 0.378. The highest BCUT2D eigenvalue weighted by atomic mass is 19.4. The number of halogens is 3. The first kappa shape index (κ1) is 15.4. The van der Waals surface area contributed by atoms with Crippen molar-refractivity contribution in [2.24, 2.45) is 0 Å². The molecule has 0 unspecified atom stereocenters. The van der Waals surface area contributed by atoms with Gasteiger partial charge in [0.2, 0.25) is 11.7 Å². The van der Waals surface area contributed by atoms with Crippen molar-refractivity contribution in [1.82, 2.24) is 0 Å². The summed E-state index contributed by atoms with van der Waals surface area (Å²) in [6, 6.07) is 3.08. The van der Waals surface area contributed by atoms with E-state index in [9.17, 15) is 32.9 Å². The molecule has 0 saturated carbocycles. The Hall–Kier alpha value is -2.65. The van der Waals surface area contributed by atoms with Crippen LogP contribution >= 0.6 is 0 Å². The van der Waals surface area contributed by atoms with E-state index in [1.54, 1.807) is 0 Å². The molecule has 0 fully saturated rings.